The van der Waals surface area contributed by atoms with E-state index < -0.39 is 29.2 Å². The molecule has 0 radical (unpaired) electrons. The summed E-state index contributed by atoms with van der Waals surface area (Å²) in [6.07, 6.45) is -9.79. The zero-order valence-corrected chi connectivity index (χ0v) is 10.4. The van der Waals surface area contributed by atoms with E-state index in [2.05, 4.69) is 4.74 Å². The molecule has 0 unspecified atom stereocenters. The number of hydrogen-bond donors (Lipinski definition) is 0. The normalized spacial score (nSPS) is 12.7. The summed E-state index contributed by atoms with van der Waals surface area (Å²) in [5.74, 6) is -1.20. The third kappa shape index (κ3) is 2.96. The monoisotopic (exact) mass is 370 g/mol. The SMILES string of the molecule is COc1c(C(F)(F)F)ccc(I)c1C(F)(F)F. The molecule has 0 aliphatic heterocycles. The van der Waals surface area contributed by atoms with Gasteiger partial charge in [0, 0.05) is 3.57 Å². The van der Waals surface area contributed by atoms with Gasteiger partial charge < -0.3 is 4.74 Å². The average molecular weight is 370 g/mol. The molecule has 8 heteroatoms. The minimum absolute atomic E-state index is 0.347. The van der Waals surface area contributed by atoms with E-state index in [9.17, 15) is 26.3 Å². The maximum absolute atomic E-state index is 12.6. The fraction of sp³-hybridized carbons (Fsp3) is 0.333. The number of rotatable bonds is 1. The molecule has 96 valence electrons. The van der Waals surface area contributed by atoms with Crippen molar-refractivity contribution in [1.29, 1.82) is 0 Å². The first-order valence-electron chi connectivity index (χ1n) is 4.10. The predicted molar refractivity (Wildman–Crippen MR) is 55.7 cm³/mol. The van der Waals surface area contributed by atoms with Crippen LogP contribution >= 0.6 is 22.6 Å². The van der Waals surface area contributed by atoms with Gasteiger partial charge in [-0.15, -0.1) is 0 Å². The van der Waals surface area contributed by atoms with Crippen molar-refractivity contribution in [3.8, 4) is 5.75 Å². The minimum atomic E-state index is -4.90. The first kappa shape index (κ1) is 14.4. The Morgan fingerprint density at radius 1 is 1.00 bits per heavy atom. The highest BCUT2D eigenvalue weighted by Gasteiger charge is 2.43. The van der Waals surface area contributed by atoms with Gasteiger partial charge in [0.1, 0.15) is 11.3 Å². The van der Waals surface area contributed by atoms with Crippen molar-refractivity contribution in [3.05, 3.63) is 26.8 Å². The lowest BCUT2D eigenvalue weighted by Crippen LogP contribution is -2.15. The summed E-state index contributed by atoms with van der Waals surface area (Å²) in [6.45, 7) is 0. The van der Waals surface area contributed by atoms with E-state index >= 15 is 0 Å². The highest BCUT2D eigenvalue weighted by molar-refractivity contribution is 14.1. The molecule has 1 aromatic rings. The summed E-state index contributed by atoms with van der Waals surface area (Å²) in [7, 11) is 0.774. The molecule has 0 aliphatic carbocycles. The maximum atomic E-state index is 12.6. The molecule has 0 fully saturated rings. The van der Waals surface area contributed by atoms with Gasteiger partial charge in [0.05, 0.1) is 12.7 Å². The van der Waals surface area contributed by atoms with E-state index in [0.29, 0.717) is 6.07 Å². The lowest BCUT2D eigenvalue weighted by Gasteiger charge is -2.18. The fourth-order valence-corrected chi connectivity index (χ4v) is 1.99. The number of halogens is 7. The van der Waals surface area contributed by atoms with Crippen LogP contribution in [0.5, 0.6) is 5.75 Å². The third-order valence-corrected chi connectivity index (χ3v) is 2.80. The second kappa shape index (κ2) is 4.54. The standard InChI is InChI=1S/C9H5F6IO/c1-17-7-4(8(10,11)12)2-3-5(16)6(7)9(13,14)15/h2-3H,1H3. The molecular weight excluding hydrogens is 365 g/mol. The highest BCUT2D eigenvalue weighted by Crippen LogP contribution is 2.45. The van der Waals surface area contributed by atoms with E-state index in [1.165, 1.54) is 22.6 Å². The van der Waals surface area contributed by atoms with E-state index in [4.69, 9.17) is 0 Å². The van der Waals surface area contributed by atoms with Gasteiger partial charge in [0.25, 0.3) is 0 Å². The van der Waals surface area contributed by atoms with Gasteiger partial charge >= 0.3 is 12.4 Å². The van der Waals surface area contributed by atoms with Crippen LogP contribution in [0.3, 0.4) is 0 Å². The molecule has 0 amide bonds. The summed E-state index contributed by atoms with van der Waals surface area (Å²) in [5, 5.41) is 0. The van der Waals surface area contributed by atoms with Crippen LogP contribution < -0.4 is 4.74 Å². The van der Waals surface area contributed by atoms with Crippen molar-refractivity contribution in [2.24, 2.45) is 0 Å². The topological polar surface area (TPSA) is 9.23 Å². The lowest BCUT2D eigenvalue weighted by atomic mass is 10.1. The van der Waals surface area contributed by atoms with Gasteiger partial charge in [-0.25, -0.2) is 0 Å². The van der Waals surface area contributed by atoms with Gasteiger partial charge in [-0.2, -0.15) is 26.3 Å². The highest BCUT2D eigenvalue weighted by atomic mass is 127. The number of methoxy groups -OCH3 is 1. The third-order valence-electron chi connectivity index (χ3n) is 1.90. The van der Waals surface area contributed by atoms with E-state index in [1.54, 1.807) is 0 Å². The Hall–Kier alpha value is -0.670. The largest absolute Gasteiger partial charge is 0.495 e. The van der Waals surface area contributed by atoms with Crippen molar-refractivity contribution < 1.29 is 31.1 Å². The first-order valence-corrected chi connectivity index (χ1v) is 5.17. The molecule has 0 atom stereocenters. The van der Waals surface area contributed by atoms with Crippen LogP contribution in [0.1, 0.15) is 11.1 Å². The van der Waals surface area contributed by atoms with Crippen molar-refractivity contribution in [2.45, 2.75) is 12.4 Å². The summed E-state index contributed by atoms with van der Waals surface area (Å²) >= 11 is 1.31. The molecule has 1 aromatic carbocycles. The molecule has 0 aliphatic rings. The molecule has 1 rings (SSSR count). The molecule has 0 N–H and O–H groups in total. The van der Waals surface area contributed by atoms with E-state index in [-0.39, 0.29) is 3.57 Å². The quantitative estimate of drug-likeness (QED) is 0.528. The van der Waals surface area contributed by atoms with E-state index in [0.717, 1.165) is 13.2 Å². The Bertz CT molecular complexity index is 423. The molecule has 0 saturated heterocycles. The zero-order chi connectivity index (χ0) is 13.4. The number of hydrogen-bond acceptors (Lipinski definition) is 1. The second-order valence-corrected chi connectivity index (χ2v) is 4.16. The van der Waals surface area contributed by atoms with Crippen LogP contribution in [0.2, 0.25) is 0 Å². The summed E-state index contributed by atoms with van der Waals surface area (Å²) in [4.78, 5) is 0. The number of ether oxygens (including phenoxy) is 1. The second-order valence-electron chi connectivity index (χ2n) is 3.00. The first-order chi connectivity index (χ1) is 7.59. The summed E-state index contributed by atoms with van der Waals surface area (Å²) in [5.41, 5.74) is -2.84. The molecule has 0 aromatic heterocycles. The Kier molecular flexibility index (Phi) is 3.84. The molecule has 0 saturated carbocycles. The maximum Gasteiger partial charge on any atom is 0.421 e. The summed E-state index contributed by atoms with van der Waals surface area (Å²) in [6, 6.07) is 1.32. The fourth-order valence-electron chi connectivity index (χ4n) is 1.26. The van der Waals surface area contributed by atoms with Crippen LogP contribution in [0, 0.1) is 3.57 Å². The Balaban J connectivity index is 3.60. The van der Waals surface area contributed by atoms with Gasteiger partial charge in [-0.1, -0.05) is 0 Å². The predicted octanol–water partition coefficient (Wildman–Crippen LogP) is 4.34. The Labute approximate surface area is 106 Å². The van der Waals surface area contributed by atoms with Crippen LogP contribution in [0.15, 0.2) is 12.1 Å². The minimum Gasteiger partial charge on any atom is -0.495 e. The molecule has 0 bridgehead atoms. The van der Waals surface area contributed by atoms with Crippen LogP contribution in [-0.4, -0.2) is 7.11 Å². The average Bonchev–Trinajstić information content (AvgIpc) is 2.12. The Morgan fingerprint density at radius 2 is 1.53 bits per heavy atom. The van der Waals surface area contributed by atoms with Gasteiger partial charge in [-0.3, -0.25) is 0 Å². The molecule has 1 nitrogen and oxygen atoms in total. The lowest BCUT2D eigenvalue weighted by molar-refractivity contribution is -0.145. The molecule has 17 heavy (non-hydrogen) atoms. The van der Waals surface area contributed by atoms with Crippen molar-refractivity contribution in [3.63, 3.8) is 0 Å². The zero-order valence-electron chi connectivity index (χ0n) is 8.21. The van der Waals surface area contributed by atoms with Gasteiger partial charge in [0.15, 0.2) is 0 Å². The smallest absolute Gasteiger partial charge is 0.421 e. The van der Waals surface area contributed by atoms with Crippen LogP contribution in [-0.2, 0) is 12.4 Å². The van der Waals surface area contributed by atoms with E-state index in [1.807, 2.05) is 0 Å². The van der Waals surface area contributed by atoms with Crippen molar-refractivity contribution in [1.82, 2.24) is 0 Å². The Morgan fingerprint density at radius 3 is 1.88 bits per heavy atom. The number of benzene rings is 1. The summed E-state index contributed by atoms with van der Waals surface area (Å²) < 4.78 is 79.2. The van der Waals surface area contributed by atoms with Gasteiger partial charge in [-0.05, 0) is 34.7 Å². The van der Waals surface area contributed by atoms with Crippen LogP contribution in [0.25, 0.3) is 0 Å². The number of alkyl halides is 6. The molecular formula is C9H5F6IO. The van der Waals surface area contributed by atoms with Crippen LogP contribution in [0.4, 0.5) is 26.3 Å². The van der Waals surface area contributed by atoms with Crippen molar-refractivity contribution >= 4 is 22.6 Å². The molecule has 0 heterocycles. The van der Waals surface area contributed by atoms with Crippen molar-refractivity contribution in [2.75, 3.05) is 7.11 Å². The molecule has 0 spiro atoms. The van der Waals surface area contributed by atoms with Gasteiger partial charge in [0.2, 0.25) is 0 Å².